The number of ether oxygens (including phenoxy) is 3. The number of methoxy groups -OCH3 is 2. The van der Waals surface area contributed by atoms with Gasteiger partial charge in [0, 0.05) is 25.6 Å². The summed E-state index contributed by atoms with van der Waals surface area (Å²) in [5.74, 6) is 1.63. The quantitative estimate of drug-likeness (QED) is 0.841. The van der Waals surface area contributed by atoms with Crippen LogP contribution in [0.2, 0.25) is 0 Å². The van der Waals surface area contributed by atoms with Crippen molar-refractivity contribution in [2.45, 2.75) is 24.7 Å². The van der Waals surface area contributed by atoms with E-state index in [4.69, 9.17) is 14.2 Å². The van der Waals surface area contributed by atoms with Gasteiger partial charge < -0.3 is 19.5 Å². The zero-order valence-corrected chi connectivity index (χ0v) is 10.5. The van der Waals surface area contributed by atoms with Crippen molar-refractivity contribution >= 4 is 0 Å². The Morgan fingerprint density at radius 1 is 1.24 bits per heavy atom. The lowest BCUT2D eigenvalue weighted by atomic mass is 9.85. The summed E-state index contributed by atoms with van der Waals surface area (Å²) in [6.07, 6.45) is 1.20. The Kier molecular flexibility index (Phi) is 3.86. The summed E-state index contributed by atoms with van der Waals surface area (Å²) in [6, 6.07) is 8.03. The molecule has 1 aliphatic rings. The van der Waals surface area contributed by atoms with Gasteiger partial charge in [0.1, 0.15) is 23.7 Å². The van der Waals surface area contributed by atoms with Crippen molar-refractivity contribution in [1.82, 2.24) is 5.32 Å². The molecule has 17 heavy (non-hydrogen) atoms. The zero-order valence-electron chi connectivity index (χ0n) is 10.5. The maximum absolute atomic E-state index is 5.88. The van der Waals surface area contributed by atoms with E-state index in [1.165, 1.54) is 0 Å². The molecule has 0 spiro atoms. The van der Waals surface area contributed by atoms with E-state index in [0.29, 0.717) is 6.04 Å². The maximum atomic E-state index is 5.88. The minimum absolute atomic E-state index is 0.115. The van der Waals surface area contributed by atoms with Crippen LogP contribution in [0.15, 0.2) is 24.3 Å². The lowest BCUT2D eigenvalue weighted by Crippen LogP contribution is -2.60. The topological polar surface area (TPSA) is 39.7 Å². The smallest absolute Gasteiger partial charge is 0.128 e. The summed E-state index contributed by atoms with van der Waals surface area (Å²) in [4.78, 5) is 0. The van der Waals surface area contributed by atoms with Crippen molar-refractivity contribution in [1.29, 1.82) is 0 Å². The summed E-state index contributed by atoms with van der Waals surface area (Å²) in [6.45, 7) is 0. The van der Waals surface area contributed by atoms with E-state index in [1.54, 1.807) is 14.2 Å². The second-order valence-electron chi connectivity index (χ2n) is 4.17. The normalized spacial score (nSPS) is 27.4. The molecule has 0 bridgehead atoms. The van der Waals surface area contributed by atoms with Gasteiger partial charge >= 0.3 is 0 Å². The molecule has 4 nitrogen and oxygen atoms in total. The summed E-state index contributed by atoms with van der Waals surface area (Å²) in [5, 5.41) is 3.21. The zero-order chi connectivity index (χ0) is 12.3. The van der Waals surface area contributed by atoms with Crippen LogP contribution in [-0.4, -0.2) is 39.5 Å². The molecule has 1 fully saturated rings. The average molecular weight is 237 g/mol. The molecule has 3 atom stereocenters. The first-order valence-electron chi connectivity index (χ1n) is 5.79. The molecule has 94 valence electrons. The number of nitrogens with one attached hydrogen (secondary N) is 1. The van der Waals surface area contributed by atoms with E-state index in [1.807, 2.05) is 31.3 Å². The number of benzene rings is 1. The van der Waals surface area contributed by atoms with E-state index in [0.717, 1.165) is 17.9 Å². The molecule has 0 heterocycles. The van der Waals surface area contributed by atoms with Crippen molar-refractivity contribution in [3.63, 3.8) is 0 Å². The van der Waals surface area contributed by atoms with Crippen LogP contribution < -0.4 is 14.8 Å². The predicted octanol–water partition coefficient (Wildman–Crippen LogP) is 1.45. The summed E-state index contributed by atoms with van der Waals surface area (Å²) in [5.41, 5.74) is 0. The van der Waals surface area contributed by atoms with Crippen LogP contribution in [0.3, 0.4) is 0 Å². The van der Waals surface area contributed by atoms with Gasteiger partial charge in [0.05, 0.1) is 7.11 Å². The van der Waals surface area contributed by atoms with Crippen molar-refractivity contribution in [2.75, 3.05) is 21.3 Å². The van der Waals surface area contributed by atoms with Crippen LogP contribution in [0, 0.1) is 0 Å². The molecule has 3 unspecified atom stereocenters. The molecule has 1 aromatic carbocycles. The minimum atomic E-state index is 0.115. The molecule has 0 saturated heterocycles. The molecule has 1 aromatic rings. The molecule has 4 heteroatoms. The second-order valence-corrected chi connectivity index (χ2v) is 4.17. The SMILES string of the molecule is CNC1CC(Oc2cccc(OC)c2)C1OC. The highest BCUT2D eigenvalue weighted by Crippen LogP contribution is 2.29. The first kappa shape index (κ1) is 12.2. The summed E-state index contributed by atoms with van der Waals surface area (Å²) < 4.78 is 16.5. The van der Waals surface area contributed by atoms with Gasteiger partial charge in [0.15, 0.2) is 0 Å². The van der Waals surface area contributed by atoms with Crippen LogP contribution in [0.4, 0.5) is 0 Å². The van der Waals surface area contributed by atoms with Crippen LogP contribution in [0.25, 0.3) is 0 Å². The maximum Gasteiger partial charge on any atom is 0.128 e. The van der Waals surface area contributed by atoms with Crippen molar-refractivity contribution < 1.29 is 14.2 Å². The molecule has 0 radical (unpaired) electrons. The van der Waals surface area contributed by atoms with Crippen molar-refractivity contribution in [3.05, 3.63) is 24.3 Å². The first-order chi connectivity index (χ1) is 8.28. The lowest BCUT2D eigenvalue weighted by Gasteiger charge is -2.42. The van der Waals surface area contributed by atoms with Crippen molar-refractivity contribution in [3.8, 4) is 11.5 Å². The molecule has 2 rings (SSSR count). The third-order valence-electron chi connectivity index (χ3n) is 3.22. The largest absolute Gasteiger partial charge is 0.497 e. The molecule has 0 aromatic heterocycles. The molecular formula is C13H19NO3. The first-order valence-corrected chi connectivity index (χ1v) is 5.79. The third-order valence-corrected chi connectivity index (χ3v) is 3.22. The van der Waals surface area contributed by atoms with Crippen LogP contribution >= 0.6 is 0 Å². The van der Waals surface area contributed by atoms with Gasteiger partial charge in [-0.25, -0.2) is 0 Å². The Hall–Kier alpha value is -1.26. The Balaban J connectivity index is 1.97. The van der Waals surface area contributed by atoms with Gasteiger partial charge in [0.25, 0.3) is 0 Å². The van der Waals surface area contributed by atoms with Crippen LogP contribution in [0.1, 0.15) is 6.42 Å². The number of rotatable bonds is 5. The highest BCUT2D eigenvalue weighted by molar-refractivity contribution is 5.33. The third kappa shape index (κ3) is 2.53. The Bertz CT molecular complexity index is 369. The minimum Gasteiger partial charge on any atom is -0.497 e. The van der Waals surface area contributed by atoms with Gasteiger partial charge in [-0.1, -0.05) is 6.07 Å². The Morgan fingerprint density at radius 2 is 2.00 bits per heavy atom. The fraction of sp³-hybridized carbons (Fsp3) is 0.538. The summed E-state index contributed by atoms with van der Waals surface area (Å²) in [7, 11) is 5.31. The van der Waals surface area contributed by atoms with Crippen LogP contribution in [0.5, 0.6) is 11.5 Å². The highest BCUT2D eigenvalue weighted by atomic mass is 16.5. The van der Waals surface area contributed by atoms with E-state index >= 15 is 0 Å². The van der Waals surface area contributed by atoms with E-state index < -0.39 is 0 Å². The lowest BCUT2D eigenvalue weighted by molar-refractivity contribution is -0.0870. The van der Waals surface area contributed by atoms with Gasteiger partial charge in [-0.15, -0.1) is 0 Å². The second kappa shape index (κ2) is 5.38. The standard InChI is InChI=1S/C13H19NO3/c1-14-11-8-12(13(11)16-3)17-10-6-4-5-9(7-10)15-2/h4-7,11-14H,8H2,1-3H3. The van der Waals surface area contributed by atoms with Gasteiger partial charge in [-0.05, 0) is 19.2 Å². The predicted molar refractivity (Wildman–Crippen MR) is 65.7 cm³/mol. The van der Waals surface area contributed by atoms with Crippen LogP contribution in [-0.2, 0) is 4.74 Å². The Morgan fingerprint density at radius 3 is 2.65 bits per heavy atom. The fourth-order valence-electron chi connectivity index (χ4n) is 2.14. The summed E-state index contributed by atoms with van der Waals surface area (Å²) >= 11 is 0. The van der Waals surface area contributed by atoms with Crippen molar-refractivity contribution in [2.24, 2.45) is 0 Å². The van der Waals surface area contributed by atoms with E-state index in [9.17, 15) is 0 Å². The fourth-order valence-corrected chi connectivity index (χ4v) is 2.14. The molecule has 1 saturated carbocycles. The number of hydrogen-bond donors (Lipinski definition) is 1. The molecule has 1 aliphatic carbocycles. The van der Waals surface area contributed by atoms with E-state index in [-0.39, 0.29) is 12.2 Å². The number of hydrogen-bond acceptors (Lipinski definition) is 4. The molecule has 0 amide bonds. The van der Waals surface area contributed by atoms with Gasteiger partial charge in [-0.3, -0.25) is 0 Å². The highest BCUT2D eigenvalue weighted by Gasteiger charge is 2.42. The molecule has 0 aliphatic heterocycles. The van der Waals surface area contributed by atoms with E-state index in [2.05, 4.69) is 5.32 Å². The van der Waals surface area contributed by atoms with Gasteiger partial charge in [0.2, 0.25) is 0 Å². The molecular weight excluding hydrogens is 218 g/mol. The monoisotopic (exact) mass is 237 g/mol. The Labute approximate surface area is 102 Å². The molecule has 1 N–H and O–H groups in total. The number of likely N-dealkylation sites (N-methyl/N-ethyl adjacent to an activating group) is 1. The van der Waals surface area contributed by atoms with Gasteiger partial charge in [-0.2, -0.15) is 0 Å². The average Bonchev–Trinajstić information content (AvgIpc) is 2.34.